The van der Waals surface area contributed by atoms with Crippen molar-refractivity contribution in [2.45, 2.75) is 71.3 Å². The van der Waals surface area contributed by atoms with Gasteiger partial charge >= 0.3 is 5.97 Å². The van der Waals surface area contributed by atoms with Crippen molar-refractivity contribution in [1.29, 1.82) is 0 Å². The van der Waals surface area contributed by atoms with E-state index < -0.39 is 0 Å². The first-order valence-electron chi connectivity index (χ1n) is 12.7. The molecule has 0 fully saturated rings. The number of quaternary nitrogens is 1. The van der Waals surface area contributed by atoms with Crippen LogP contribution >= 0.6 is 0 Å². The zero-order chi connectivity index (χ0) is 23.8. The van der Waals surface area contributed by atoms with E-state index >= 15 is 0 Å². The summed E-state index contributed by atoms with van der Waals surface area (Å²) in [6.07, 6.45) is 10.6. The molecule has 0 heterocycles. The summed E-state index contributed by atoms with van der Waals surface area (Å²) >= 11 is 0. The maximum atomic E-state index is 12.2. The summed E-state index contributed by atoms with van der Waals surface area (Å²) in [4.78, 5) is 12.2. The third-order valence-corrected chi connectivity index (χ3v) is 6.00. The third-order valence-electron chi connectivity index (χ3n) is 6.00. The lowest BCUT2D eigenvalue weighted by atomic mass is 10.0. The van der Waals surface area contributed by atoms with Crippen LogP contribution in [0, 0.1) is 0 Å². The molecule has 0 aromatic heterocycles. The lowest BCUT2D eigenvalue weighted by molar-refractivity contribution is -0.903. The molecular formula is C29H44NO3+. The van der Waals surface area contributed by atoms with Crippen molar-refractivity contribution in [2.75, 3.05) is 33.9 Å². The molecule has 4 heteroatoms. The monoisotopic (exact) mass is 454 g/mol. The Morgan fingerprint density at radius 2 is 1.48 bits per heavy atom. The van der Waals surface area contributed by atoms with Crippen LogP contribution in [0.4, 0.5) is 0 Å². The molecule has 0 aliphatic rings. The minimum Gasteiger partial charge on any atom is -0.490 e. The number of carbonyl (C=O) groups is 1. The number of hydrogen-bond acceptors (Lipinski definition) is 3. The Kier molecular flexibility index (Phi) is 12.6. The van der Waals surface area contributed by atoms with Gasteiger partial charge in [-0.05, 0) is 24.5 Å². The highest BCUT2D eigenvalue weighted by atomic mass is 16.6. The van der Waals surface area contributed by atoms with Gasteiger partial charge < -0.3 is 14.0 Å². The van der Waals surface area contributed by atoms with Crippen LogP contribution in [0.3, 0.4) is 0 Å². The second kappa shape index (κ2) is 15.5. The van der Waals surface area contributed by atoms with Crippen LogP contribution in [-0.4, -0.2) is 44.3 Å². The Balaban J connectivity index is 1.62. The fourth-order valence-corrected chi connectivity index (χ4v) is 4.05. The second-order valence-corrected chi connectivity index (χ2v) is 9.60. The first-order chi connectivity index (χ1) is 16.0. The Bertz CT molecular complexity index is 788. The molecular weight excluding hydrogens is 410 g/mol. The average Bonchev–Trinajstić information content (AvgIpc) is 2.81. The number of aryl methyl sites for hydroxylation is 1. The topological polar surface area (TPSA) is 35.5 Å². The van der Waals surface area contributed by atoms with Gasteiger partial charge in [-0.3, -0.25) is 4.79 Å². The van der Waals surface area contributed by atoms with E-state index in [1.54, 1.807) is 0 Å². The predicted octanol–water partition coefficient (Wildman–Crippen LogP) is 6.57. The highest BCUT2D eigenvalue weighted by molar-refractivity contribution is 5.69. The molecule has 33 heavy (non-hydrogen) atoms. The average molecular weight is 455 g/mol. The number of hydrogen-bond donors (Lipinski definition) is 0. The number of benzene rings is 2. The molecule has 0 saturated heterocycles. The molecule has 182 valence electrons. The van der Waals surface area contributed by atoms with Crippen LogP contribution in [-0.2, 0) is 22.5 Å². The Labute approximate surface area is 201 Å². The van der Waals surface area contributed by atoms with Crippen LogP contribution < -0.4 is 4.74 Å². The molecule has 0 aliphatic carbocycles. The molecule has 0 bridgehead atoms. The van der Waals surface area contributed by atoms with E-state index in [9.17, 15) is 4.79 Å². The zero-order valence-corrected chi connectivity index (χ0v) is 21.1. The highest BCUT2D eigenvalue weighted by Gasteiger charge is 2.18. The zero-order valence-electron chi connectivity index (χ0n) is 21.1. The van der Waals surface area contributed by atoms with Crippen molar-refractivity contribution in [3.8, 4) is 5.75 Å². The van der Waals surface area contributed by atoms with Gasteiger partial charge in [0, 0.05) is 5.56 Å². The van der Waals surface area contributed by atoms with Crippen LogP contribution in [0.15, 0.2) is 54.6 Å². The molecule has 0 radical (unpaired) electrons. The summed E-state index contributed by atoms with van der Waals surface area (Å²) in [5, 5.41) is 0. The van der Waals surface area contributed by atoms with E-state index in [1.165, 1.54) is 56.1 Å². The molecule has 2 aromatic carbocycles. The van der Waals surface area contributed by atoms with Crippen LogP contribution in [0.2, 0.25) is 0 Å². The number of nitrogens with zero attached hydrogens (tertiary/aromatic N) is 1. The summed E-state index contributed by atoms with van der Waals surface area (Å²) in [5.41, 5.74) is 2.52. The number of ether oxygens (including phenoxy) is 2. The number of rotatable bonds is 17. The lowest BCUT2D eigenvalue weighted by Crippen LogP contribution is -2.40. The quantitative estimate of drug-likeness (QED) is 0.154. The van der Waals surface area contributed by atoms with Gasteiger partial charge in [-0.2, -0.15) is 0 Å². The molecule has 2 aromatic rings. The molecule has 0 aliphatic heterocycles. The maximum Gasteiger partial charge on any atom is 0.311 e. The summed E-state index contributed by atoms with van der Waals surface area (Å²) in [7, 11) is 4.29. The van der Waals surface area contributed by atoms with Crippen molar-refractivity contribution < 1.29 is 18.8 Å². The third kappa shape index (κ3) is 11.9. The first-order valence-corrected chi connectivity index (χ1v) is 12.7. The fraction of sp³-hybridized carbons (Fsp3) is 0.552. The van der Waals surface area contributed by atoms with Gasteiger partial charge in [0.15, 0.2) is 0 Å². The number of para-hydroxylation sites is 1. The minimum absolute atomic E-state index is 0.158. The summed E-state index contributed by atoms with van der Waals surface area (Å²) in [5.74, 6) is 0.759. The Hall–Kier alpha value is -2.33. The van der Waals surface area contributed by atoms with E-state index in [1.807, 2.05) is 18.2 Å². The normalized spacial score (nSPS) is 11.4. The van der Waals surface area contributed by atoms with Crippen molar-refractivity contribution >= 4 is 5.97 Å². The van der Waals surface area contributed by atoms with Crippen molar-refractivity contribution in [2.24, 2.45) is 0 Å². The molecule has 0 amide bonds. The second-order valence-electron chi connectivity index (χ2n) is 9.60. The largest absolute Gasteiger partial charge is 0.490 e. The van der Waals surface area contributed by atoms with Gasteiger partial charge in [0.25, 0.3) is 0 Å². The van der Waals surface area contributed by atoms with E-state index in [4.69, 9.17) is 9.47 Å². The van der Waals surface area contributed by atoms with Gasteiger partial charge in [-0.25, -0.2) is 0 Å². The summed E-state index contributed by atoms with van der Waals surface area (Å²) in [6.45, 7) is 4.58. The van der Waals surface area contributed by atoms with Crippen molar-refractivity contribution in [3.63, 3.8) is 0 Å². The molecule has 0 unspecified atom stereocenters. The van der Waals surface area contributed by atoms with Crippen LogP contribution in [0.5, 0.6) is 5.75 Å². The van der Waals surface area contributed by atoms with Crippen LogP contribution in [0.25, 0.3) is 0 Å². The molecule has 0 atom stereocenters. The maximum absolute atomic E-state index is 12.2. The smallest absolute Gasteiger partial charge is 0.311 e. The Morgan fingerprint density at radius 3 is 2.24 bits per heavy atom. The lowest BCUT2D eigenvalue weighted by Gasteiger charge is -2.29. The predicted molar refractivity (Wildman–Crippen MR) is 136 cm³/mol. The SMILES string of the molecule is CCCCCCCCCc1ccccc1OCCOC(=O)CC[N+](C)(C)Cc1ccccc1. The summed E-state index contributed by atoms with van der Waals surface area (Å²) < 4.78 is 12.1. The van der Waals surface area contributed by atoms with Gasteiger partial charge in [0.2, 0.25) is 0 Å². The van der Waals surface area contributed by atoms with E-state index in [0.29, 0.717) is 13.0 Å². The van der Waals surface area contributed by atoms with Crippen LogP contribution in [0.1, 0.15) is 69.4 Å². The van der Waals surface area contributed by atoms with Crippen molar-refractivity contribution in [1.82, 2.24) is 0 Å². The number of carbonyl (C=O) groups excluding carboxylic acids is 1. The van der Waals surface area contributed by atoms with Gasteiger partial charge in [0.1, 0.15) is 25.5 Å². The van der Waals surface area contributed by atoms with E-state index in [0.717, 1.165) is 29.7 Å². The van der Waals surface area contributed by atoms with Crippen molar-refractivity contribution in [3.05, 3.63) is 65.7 Å². The molecule has 0 spiro atoms. The van der Waals surface area contributed by atoms with E-state index in [2.05, 4.69) is 57.4 Å². The molecule has 0 N–H and O–H groups in total. The summed E-state index contributed by atoms with van der Waals surface area (Å²) in [6, 6.07) is 18.6. The van der Waals surface area contributed by atoms with E-state index in [-0.39, 0.29) is 12.6 Å². The minimum atomic E-state index is -0.158. The first kappa shape index (κ1) is 26.9. The highest BCUT2D eigenvalue weighted by Crippen LogP contribution is 2.21. The Morgan fingerprint density at radius 1 is 0.818 bits per heavy atom. The molecule has 2 rings (SSSR count). The van der Waals surface area contributed by atoms with Gasteiger partial charge in [0.05, 0.1) is 27.1 Å². The standard InChI is InChI=1S/C29H44NO3/c1-4-5-6-7-8-9-13-18-27-19-14-15-20-28(27)32-23-24-33-29(31)21-22-30(2,3)25-26-16-11-10-12-17-26/h10-12,14-17,19-20H,4-9,13,18,21-25H2,1-3H3/q+1. The van der Waals surface area contributed by atoms with Gasteiger partial charge in [-0.1, -0.05) is 94.0 Å². The fourth-order valence-electron chi connectivity index (χ4n) is 4.05. The molecule has 0 saturated carbocycles. The van der Waals surface area contributed by atoms with Gasteiger partial charge in [-0.15, -0.1) is 0 Å². The number of esters is 1. The number of unbranched alkanes of at least 4 members (excludes halogenated alkanes) is 6. The molecule has 4 nitrogen and oxygen atoms in total.